The molecule has 0 aliphatic carbocycles. The second kappa shape index (κ2) is 5.53. The van der Waals surface area contributed by atoms with Crippen LogP contribution in [0, 0.1) is 6.92 Å². The van der Waals surface area contributed by atoms with E-state index in [9.17, 15) is 4.79 Å². The van der Waals surface area contributed by atoms with Gasteiger partial charge < -0.3 is 20.3 Å². The number of rotatable bonds is 4. The standard InChI is InChI=1S/C13H15N3O3/c1-8-5-9(3-4-11(8)14)15-13(17)12-6-10(7-18-2)19-16-12/h3-6H,7,14H2,1-2H3,(H,15,17). The van der Waals surface area contributed by atoms with Crippen LogP contribution >= 0.6 is 0 Å². The fourth-order valence-corrected chi connectivity index (χ4v) is 1.58. The number of nitrogen functional groups attached to an aromatic ring is 1. The predicted molar refractivity (Wildman–Crippen MR) is 70.8 cm³/mol. The largest absolute Gasteiger partial charge is 0.399 e. The maximum Gasteiger partial charge on any atom is 0.277 e. The van der Waals surface area contributed by atoms with Crippen LogP contribution in [-0.2, 0) is 11.3 Å². The number of nitrogens with one attached hydrogen (secondary N) is 1. The fourth-order valence-electron chi connectivity index (χ4n) is 1.58. The Hall–Kier alpha value is -2.34. The Morgan fingerprint density at radius 3 is 2.95 bits per heavy atom. The molecule has 3 N–H and O–H groups in total. The number of aryl methyl sites for hydroxylation is 1. The molecule has 0 spiro atoms. The molecule has 0 fully saturated rings. The average molecular weight is 261 g/mol. The van der Waals surface area contributed by atoms with E-state index in [0.29, 0.717) is 17.1 Å². The molecule has 0 radical (unpaired) electrons. The van der Waals surface area contributed by atoms with Crippen molar-refractivity contribution in [3.05, 3.63) is 41.3 Å². The zero-order valence-electron chi connectivity index (χ0n) is 10.8. The highest BCUT2D eigenvalue weighted by atomic mass is 16.5. The van der Waals surface area contributed by atoms with E-state index < -0.39 is 0 Å². The molecule has 1 amide bonds. The van der Waals surface area contributed by atoms with Gasteiger partial charge >= 0.3 is 0 Å². The lowest BCUT2D eigenvalue weighted by Gasteiger charge is -2.05. The van der Waals surface area contributed by atoms with Crippen molar-refractivity contribution >= 4 is 17.3 Å². The summed E-state index contributed by atoms with van der Waals surface area (Å²) in [6.07, 6.45) is 0. The van der Waals surface area contributed by atoms with Gasteiger partial charge in [0.05, 0.1) is 0 Å². The van der Waals surface area contributed by atoms with E-state index in [1.54, 1.807) is 31.4 Å². The number of carbonyl (C=O) groups excluding carboxylic acids is 1. The summed E-state index contributed by atoms with van der Waals surface area (Å²) in [6, 6.07) is 6.81. The molecule has 0 aliphatic heterocycles. The highest BCUT2D eigenvalue weighted by Gasteiger charge is 2.12. The van der Waals surface area contributed by atoms with E-state index in [-0.39, 0.29) is 18.2 Å². The van der Waals surface area contributed by atoms with Crippen molar-refractivity contribution in [2.75, 3.05) is 18.2 Å². The van der Waals surface area contributed by atoms with Gasteiger partial charge in [-0.05, 0) is 30.7 Å². The Bertz CT molecular complexity index is 593. The molecule has 2 rings (SSSR count). The van der Waals surface area contributed by atoms with Gasteiger partial charge in [0.1, 0.15) is 6.61 Å². The molecule has 6 heteroatoms. The van der Waals surface area contributed by atoms with Crippen LogP contribution in [0.1, 0.15) is 21.8 Å². The summed E-state index contributed by atoms with van der Waals surface area (Å²) >= 11 is 0. The number of nitrogens with two attached hydrogens (primary N) is 1. The maximum atomic E-state index is 11.9. The van der Waals surface area contributed by atoms with Gasteiger partial charge in [0.2, 0.25) is 0 Å². The number of ether oxygens (including phenoxy) is 1. The van der Waals surface area contributed by atoms with Gasteiger partial charge in [-0.15, -0.1) is 0 Å². The molecule has 0 saturated carbocycles. The third kappa shape index (κ3) is 3.11. The molecule has 0 saturated heterocycles. The Labute approximate surface area is 110 Å². The lowest BCUT2D eigenvalue weighted by atomic mass is 10.2. The molecule has 0 unspecified atom stereocenters. The SMILES string of the molecule is COCc1cc(C(=O)Nc2ccc(N)c(C)c2)no1. The molecule has 2 aromatic rings. The number of anilines is 2. The van der Waals surface area contributed by atoms with Gasteiger partial charge in [-0.1, -0.05) is 5.16 Å². The lowest BCUT2D eigenvalue weighted by Crippen LogP contribution is -2.12. The van der Waals surface area contributed by atoms with Crippen molar-refractivity contribution in [1.29, 1.82) is 0 Å². The Balaban J connectivity index is 2.09. The summed E-state index contributed by atoms with van der Waals surface area (Å²) < 4.78 is 9.84. The number of nitrogens with zero attached hydrogens (tertiary/aromatic N) is 1. The first-order chi connectivity index (χ1) is 9.10. The van der Waals surface area contributed by atoms with Crippen molar-refractivity contribution < 1.29 is 14.1 Å². The summed E-state index contributed by atoms with van der Waals surface area (Å²) in [4.78, 5) is 11.9. The Kier molecular flexibility index (Phi) is 3.82. The molecule has 1 heterocycles. The molecule has 0 atom stereocenters. The first kappa shape index (κ1) is 13.1. The Morgan fingerprint density at radius 2 is 2.26 bits per heavy atom. The van der Waals surface area contributed by atoms with Gasteiger partial charge in [0, 0.05) is 24.6 Å². The second-order valence-corrected chi connectivity index (χ2v) is 4.14. The first-order valence-corrected chi connectivity index (χ1v) is 5.72. The van der Waals surface area contributed by atoms with Crippen molar-refractivity contribution in [2.24, 2.45) is 0 Å². The van der Waals surface area contributed by atoms with Crippen LogP contribution in [0.25, 0.3) is 0 Å². The zero-order chi connectivity index (χ0) is 13.8. The molecular formula is C13H15N3O3. The van der Waals surface area contributed by atoms with Gasteiger partial charge in [-0.25, -0.2) is 0 Å². The molecule has 0 aliphatic rings. The van der Waals surface area contributed by atoms with Crippen LogP contribution < -0.4 is 11.1 Å². The molecule has 19 heavy (non-hydrogen) atoms. The van der Waals surface area contributed by atoms with E-state index >= 15 is 0 Å². The van der Waals surface area contributed by atoms with Crippen LogP contribution in [0.4, 0.5) is 11.4 Å². The van der Waals surface area contributed by atoms with E-state index in [2.05, 4.69) is 10.5 Å². The molecule has 1 aromatic heterocycles. The maximum absolute atomic E-state index is 11.9. The monoisotopic (exact) mass is 261 g/mol. The van der Waals surface area contributed by atoms with Crippen molar-refractivity contribution in [3.63, 3.8) is 0 Å². The number of hydrogen-bond acceptors (Lipinski definition) is 5. The number of carbonyl (C=O) groups is 1. The topological polar surface area (TPSA) is 90.4 Å². The zero-order valence-corrected chi connectivity index (χ0v) is 10.8. The van der Waals surface area contributed by atoms with E-state index in [1.807, 2.05) is 6.92 Å². The van der Waals surface area contributed by atoms with Crippen molar-refractivity contribution in [2.45, 2.75) is 13.5 Å². The lowest BCUT2D eigenvalue weighted by molar-refractivity contribution is 0.101. The van der Waals surface area contributed by atoms with Crippen LogP contribution in [-0.4, -0.2) is 18.2 Å². The summed E-state index contributed by atoms with van der Waals surface area (Å²) in [5.41, 5.74) is 8.17. The minimum atomic E-state index is -0.338. The van der Waals surface area contributed by atoms with Crippen LogP contribution in [0.3, 0.4) is 0 Å². The normalized spacial score (nSPS) is 10.4. The second-order valence-electron chi connectivity index (χ2n) is 4.14. The number of amides is 1. The van der Waals surface area contributed by atoms with Gasteiger partial charge in [-0.2, -0.15) is 0 Å². The van der Waals surface area contributed by atoms with Gasteiger partial charge in [0.15, 0.2) is 11.5 Å². The minimum Gasteiger partial charge on any atom is -0.399 e. The smallest absolute Gasteiger partial charge is 0.277 e. The molecule has 1 aromatic carbocycles. The third-order valence-corrected chi connectivity index (χ3v) is 2.61. The Morgan fingerprint density at radius 1 is 1.47 bits per heavy atom. The van der Waals surface area contributed by atoms with Crippen LogP contribution in [0.5, 0.6) is 0 Å². The highest BCUT2D eigenvalue weighted by Crippen LogP contribution is 2.17. The van der Waals surface area contributed by atoms with E-state index in [1.165, 1.54) is 0 Å². The quantitative estimate of drug-likeness (QED) is 0.821. The minimum absolute atomic E-state index is 0.210. The van der Waals surface area contributed by atoms with Crippen LogP contribution in [0.15, 0.2) is 28.8 Å². The van der Waals surface area contributed by atoms with Gasteiger partial charge in [0.25, 0.3) is 5.91 Å². The van der Waals surface area contributed by atoms with E-state index in [4.69, 9.17) is 15.0 Å². The fraction of sp³-hybridized carbons (Fsp3) is 0.231. The summed E-state index contributed by atoms with van der Waals surface area (Å²) in [5, 5.41) is 6.40. The van der Waals surface area contributed by atoms with E-state index in [0.717, 1.165) is 5.56 Å². The van der Waals surface area contributed by atoms with Gasteiger partial charge in [-0.3, -0.25) is 4.79 Å². The molecule has 6 nitrogen and oxygen atoms in total. The first-order valence-electron chi connectivity index (χ1n) is 5.72. The summed E-state index contributed by atoms with van der Waals surface area (Å²) in [5.74, 6) is 0.163. The average Bonchev–Trinajstić information content (AvgIpc) is 2.83. The number of benzene rings is 1. The van der Waals surface area contributed by atoms with Crippen LogP contribution in [0.2, 0.25) is 0 Å². The summed E-state index contributed by atoms with van der Waals surface area (Å²) in [6.45, 7) is 2.15. The molecule has 100 valence electrons. The van der Waals surface area contributed by atoms with Crippen molar-refractivity contribution in [1.82, 2.24) is 5.16 Å². The molecule has 0 bridgehead atoms. The summed E-state index contributed by atoms with van der Waals surface area (Å²) in [7, 11) is 1.54. The number of aromatic nitrogens is 1. The number of methoxy groups -OCH3 is 1. The molecular weight excluding hydrogens is 246 g/mol. The predicted octanol–water partition coefficient (Wildman–Crippen LogP) is 1.96. The van der Waals surface area contributed by atoms with Crippen molar-refractivity contribution in [3.8, 4) is 0 Å². The highest BCUT2D eigenvalue weighted by molar-refractivity contribution is 6.02. The number of hydrogen-bond donors (Lipinski definition) is 2. The third-order valence-electron chi connectivity index (χ3n) is 2.61.